The molecule has 0 saturated heterocycles. The van der Waals surface area contributed by atoms with E-state index in [-0.39, 0.29) is 0 Å². The molecule has 1 aromatic rings. The van der Waals surface area contributed by atoms with Gasteiger partial charge >= 0.3 is 0 Å². The van der Waals surface area contributed by atoms with Gasteiger partial charge in [-0.15, -0.1) is 0 Å². The van der Waals surface area contributed by atoms with E-state index in [1.54, 1.807) is 0 Å². The first-order valence-electron chi connectivity index (χ1n) is 5.99. The predicted molar refractivity (Wildman–Crippen MR) is 78.2 cm³/mol. The molecule has 3 rings (SSSR count). The fourth-order valence-electron chi connectivity index (χ4n) is 2.36. The summed E-state index contributed by atoms with van der Waals surface area (Å²) in [6.07, 6.45) is 0. The number of hydrogen-bond donors (Lipinski definition) is 0. The van der Waals surface area contributed by atoms with Gasteiger partial charge in [0.05, 0.1) is 0 Å². The number of fused-ring (bicyclic) bond motifs is 1. The van der Waals surface area contributed by atoms with Crippen LogP contribution in [-0.2, 0) is 0 Å². The molecule has 0 radical (unpaired) electrons. The molecule has 0 saturated carbocycles. The number of aryl methyl sites for hydroxylation is 1. The van der Waals surface area contributed by atoms with E-state index >= 15 is 0 Å². The second kappa shape index (κ2) is 4.47. The molecule has 1 heteroatoms. The molecule has 1 aromatic carbocycles. The van der Waals surface area contributed by atoms with Crippen LogP contribution in [0.4, 0.5) is 0 Å². The Hall–Kier alpha value is -1.79. The van der Waals surface area contributed by atoms with Crippen LogP contribution in [0, 0.1) is 6.92 Å². The first kappa shape index (κ1) is 11.3. The van der Waals surface area contributed by atoms with Crippen molar-refractivity contribution < 1.29 is 0 Å². The molecule has 88 valence electrons. The standard InChI is InChI=1S/C17H13Cl/c1-12-9-13-5-2-3-8-16(17(13)10-12)14-6-4-7-15(18)11-14/h2-11H,1H3. The van der Waals surface area contributed by atoms with Crippen molar-refractivity contribution >= 4 is 11.6 Å². The Morgan fingerprint density at radius 3 is 2.28 bits per heavy atom. The van der Waals surface area contributed by atoms with Crippen molar-refractivity contribution in [3.05, 3.63) is 71.2 Å². The van der Waals surface area contributed by atoms with Gasteiger partial charge in [-0.1, -0.05) is 60.1 Å². The third-order valence-electron chi connectivity index (χ3n) is 3.14. The molecule has 0 fully saturated rings. The van der Waals surface area contributed by atoms with Gasteiger partial charge in [0.2, 0.25) is 0 Å². The zero-order valence-electron chi connectivity index (χ0n) is 10.2. The van der Waals surface area contributed by atoms with Crippen LogP contribution in [-0.4, -0.2) is 0 Å². The lowest BCUT2D eigenvalue weighted by molar-refractivity contribution is 1.55. The molecule has 0 N–H and O–H groups in total. The maximum Gasteiger partial charge on any atom is 0.0412 e. The van der Waals surface area contributed by atoms with Gasteiger partial charge in [-0.2, -0.15) is 0 Å². The monoisotopic (exact) mass is 252 g/mol. The lowest BCUT2D eigenvalue weighted by Crippen LogP contribution is -1.78. The highest BCUT2D eigenvalue weighted by Crippen LogP contribution is 2.35. The van der Waals surface area contributed by atoms with Gasteiger partial charge in [0.25, 0.3) is 0 Å². The first-order chi connectivity index (χ1) is 8.74. The zero-order chi connectivity index (χ0) is 12.5. The van der Waals surface area contributed by atoms with Crippen molar-refractivity contribution in [2.75, 3.05) is 0 Å². The molecule has 0 heterocycles. The van der Waals surface area contributed by atoms with Gasteiger partial charge < -0.3 is 0 Å². The normalized spacial score (nSPS) is 10.8. The average molecular weight is 253 g/mol. The Bertz CT molecular complexity index is 670. The number of benzene rings is 1. The molecule has 0 bridgehead atoms. The highest BCUT2D eigenvalue weighted by molar-refractivity contribution is 6.30. The highest BCUT2D eigenvalue weighted by atomic mass is 35.5. The summed E-state index contributed by atoms with van der Waals surface area (Å²) in [6, 6.07) is 20.9. The Kier molecular flexibility index (Phi) is 2.81. The Labute approximate surface area is 112 Å². The number of rotatable bonds is 1. The van der Waals surface area contributed by atoms with Crippen LogP contribution in [0.3, 0.4) is 0 Å². The second-order valence-electron chi connectivity index (χ2n) is 4.54. The van der Waals surface area contributed by atoms with Crippen molar-refractivity contribution in [3.8, 4) is 22.3 Å². The van der Waals surface area contributed by atoms with Crippen LogP contribution in [0.1, 0.15) is 5.56 Å². The van der Waals surface area contributed by atoms with E-state index in [1.165, 1.54) is 22.3 Å². The summed E-state index contributed by atoms with van der Waals surface area (Å²) in [6.45, 7) is 2.13. The fourth-order valence-corrected chi connectivity index (χ4v) is 2.55. The lowest BCUT2D eigenvalue weighted by Gasteiger charge is -2.04. The van der Waals surface area contributed by atoms with Crippen molar-refractivity contribution in [1.29, 1.82) is 0 Å². The SMILES string of the molecule is Cc1cc2ccccc(-c3cccc(Cl)c3)c-2c1. The van der Waals surface area contributed by atoms with Gasteiger partial charge in [-0.25, -0.2) is 0 Å². The summed E-state index contributed by atoms with van der Waals surface area (Å²) in [5.41, 5.74) is 6.23. The van der Waals surface area contributed by atoms with Crippen LogP contribution >= 0.6 is 11.6 Å². The fraction of sp³-hybridized carbons (Fsp3) is 0.0588. The molecule has 18 heavy (non-hydrogen) atoms. The minimum Gasteiger partial charge on any atom is -0.0843 e. The molecule has 0 spiro atoms. The van der Waals surface area contributed by atoms with E-state index in [0.29, 0.717) is 0 Å². The van der Waals surface area contributed by atoms with E-state index in [2.05, 4.69) is 49.4 Å². The highest BCUT2D eigenvalue weighted by Gasteiger charge is 2.09. The Balaban J connectivity index is 2.28. The molecule has 0 amide bonds. The van der Waals surface area contributed by atoms with Crippen molar-refractivity contribution in [2.24, 2.45) is 0 Å². The van der Waals surface area contributed by atoms with E-state index in [9.17, 15) is 0 Å². The van der Waals surface area contributed by atoms with E-state index in [4.69, 9.17) is 11.6 Å². The molecule has 0 atom stereocenters. The largest absolute Gasteiger partial charge is 0.0843 e. The van der Waals surface area contributed by atoms with Crippen LogP contribution < -0.4 is 0 Å². The van der Waals surface area contributed by atoms with Gasteiger partial charge in [-0.05, 0) is 46.9 Å². The summed E-state index contributed by atoms with van der Waals surface area (Å²) >= 11 is 6.08. The third-order valence-corrected chi connectivity index (χ3v) is 3.38. The van der Waals surface area contributed by atoms with Gasteiger partial charge in [0.1, 0.15) is 0 Å². The predicted octanol–water partition coefficient (Wildman–Crippen LogP) is 5.42. The molecule has 0 aliphatic heterocycles. The topological polar surface area (TPSA) is 0 Å². The zero-order valence-corrected chi connectivity index (χ0v) is 10.9. The third kappa shape index (κ3) is 2.00. The van der Waals surface area contributed by atoms with Crippen LogP contribution in [0.2, 0.25) is 5.02 Å². The molecular weight excluding hydrogens is 240 g/mol. The molecular formula is C17H13Cl. The average Bonchev–Trinajstić information content (AvgIpc) is 2.59. The number of halogens is 1. The smallest absolute Gasteiger partial charge is 0.0412 e. The van der Waals surface area contributed by atoms with Crippen LogP contribution in [0.15, 0.2) is 60.7 Å². The molecule has 0 aromatic heterocycles. The lowest BCUT2D eigenvalue weighted by atomic mass is 10.0. The number of hydrogen-bond acceptors (Lipinski definition) is 0. The summed E-state index contributed by atoms with van der Waals surface area (Å²) in [4.78, 5) is 0. The minimum atomic E-state index is 0.774. The van der Waals surface area contributed by atoms with Gasteiger partial charge in [-0.3, -0.25) is 0 Å². The van der Waals surface area contributed by atoms with Crippen LogP contribution in [0.25, 0.3) is 22.3 Å². The molecule has 2 aliphatic rings. The van der Waals surface area contributed by atoms with Gasteiger partial charge in [0, 0.05) is 5.02 Å². The summed E-state index contributed by atoms with van der Waals surface area (Å²) in [5.74, 6) is 0. The summed E-state index contributed by atoms with van der Waals surface area (Å²) in [7, 11) is 0. The van der Waals surface area contributed by atoms with Gasteiger partial charge in [0.15, 0.2) is 0 Å². The van der Waals surface area contributed by atoms with Crippen molar-refractivity contribution in [1.82, 2.24) is 0 Å². The minimum absolute atomic E-state index is 0.774. The maximum atomic E-state index is 6.08. The van der Waals surface area contributed by atoms with E-state index < -0.39 is 0 Å². The molecule has 2 aliphatic carbocycles. The quantitative estimate of drug-likeness (QED) is 0.542. The van der Waals surface area contributed by atoms with E-state index in [0.717, 1.165) is 10.6 Å². The van der Waals surface area contributed by atoms with E-state index in [1.807, 2.05) is 18.2 Å². The Morgan fingerprint density at radius 2 is 1.44 bits per heavy atom. The van der Waals surface area contributed by atoms with Crippen molar-refractivity contribution in [3.63, 3.8) is 0 Å². The first-order valence-corrected chi connectivity index (χ1v) is 6.37. The summed E-state index contributed by atoms with van der Waals surface area (Å²) in [5, 5.41) is 0.774. The van der Waals surface area contributed by atoms with Crippen molar-refractivity contribution in [2.45, 2.75) is 6.92 Å². The molecule has 0 nitrogen and oxygen atoms in total. The molecule has 0 unspecified atom stereocenters. The maximum absolute atomic E-state index is 6.08. The van der Waals surface area contributed by atoms with Crippen LogP contribution in [0.5, 0.6) is 0 Å². The Morgan fingerprint density at radius 1 is 0.722 bits per heavy atom. The summed E-state index contributed by atoms with van der Waals surface area (Å²) < 4.78 is 0. The second-order valence-corrected chi connectivity index (χ2v) is 4.98.